The Morgan fingerprint density at radius 3 is 2.20 bits per heavy atom. The molecule has 1 rings (SSSR count). The molecule has 1 aliphatic heterocycles. The molecule has 0 aliphatic carbocycles. The third-order valence-corrected chi connectivity index (χ3v) is 0.664. The van der Waals surface area contributed by atoms with E-state index in [2.05, 4.69) is 0 Å². The van der Waals surface area contributed by atoms with Crippen molar-refractivity contribution in [2.75, 3.05) is 20.2 Å². The van der Waals surface area contributed by atoms with Gasteiger partial charge in [-0.15, -0.1) is 0 Å². The standard InChI is InChI=1S/C3H7NO/c1-5-4-2-3-4/h2-3H2,1H3. The van der Waals surface area contributed by atoms with Gasteiger partial charge in [0.1, 0.15) is 0 Å². The highest BCUT2D eigenvalue weighted by Crippen LogP contribution is 1.99. The van der Waals surface area contributed by atoms with Crippen LogP contribution in [-0.4, -0.2) is 25.3 Å². The maximum Gasteiger partial charge on any atom is 0.0575 e. The van der Waals surface area contributed by atoms with E-state index in [1.165, 1.54) is 0 Å². The molecule has 0 N–H and O–H groups in total. The molecule has 0 amide bonds. The number of hydrogen-bond acceptors (Lipinski definition) is 2. The van der Waals surface area contributed by atoms with Gasteiger partial charge >= 0.3 is 0 Å². The van der Waals surface area contributed by atoms with Crippen LogP contribution in [0.1, 0.15) is 0 Å². The molecule has 0 aromatic rings. The predicted molar refractivity (Wildman–Crippen MR) is 18.6 cm³/mol. The Balaban J connectivity index is 2.00. The Morgan fingerprint density at radius 2 is 2.20 bits per heavy atom. The molecule has 5 heavy (non-hydrogen) atoms. The van der Waals surface area contributed by atoms with Crippen LogP contribution in [0.25, 0.3) is 0 Å². The molecule has 1 aliphatic rings. The average molecular weight is 73.1 g/mol. The summed E-state index contributed by atoms with van der Waals surface area (Å²) >= 11 is 0. The van der Waals surface area contributed by atoms with Gasteiger partial charge in [-0.1, -0.05) is 0 Å². The van der Waals surface area contributed by atoms with Gasteiger partial charge in [-0.25, -0.2) is 0 Å². The summed E-state index contributed by atoms with van der Waals surface area (Å²) in [6, 6.07) is 0. The lowest BCUT2D eigenvalue weighted by atomic mass is 11.0. The van der Waals surface area contributed by atoms with Gasteiger partial charge in [0.2, 0.25) is 0 Å². The molecule has 0 bridgehead atoms. The molecule has 0 unspecified atom stereocenters. The number of rotatable bonds is 1. The maximum absolute atomic E-state index is 4.69. The Morgan fingerprint density at radius 1 is 1.60 bits per heavy atom. The zero-order valence-electron chi connectivity index (χ0n) is 3.27. The zero-order chi connectivity index (χ0) is 3.70. The first-order chi connectivity index (χ1) is 2.43. The van der Waals surface area contributed by atoms with Crippen LogP contribution in [0.4, 0.5) is 0 Å². The fraction of sp³-hybridized carbons (Fsp3) is 1.00. The minimum atomic E-state index is 1.12. The van der Waals surface area contributed by atoms with Gasteiger partial charge in [0.25, 0.3) is 0 Å². The van der Waals surface area contributed by atoms with E-state index in [9.17, 15) is 0 Å². The second-order valence-corrected chi connectivity index (χ2v) is 1.11. The molecule has 0 aromatic carbocycles. The maximum atomic E-state index is 4.69. The summed E-state index contributed by atoms with van der Waals surface area (Å²) in [4.78, 5) is 4.69. The summed E-state index contributed by atoms with van der Waals surface area (Å²) in [6.07, 6.45) is 0. The minimum Gasteiger partial charge on any atom is -0.302 e. The summed E-state index contributed by atoms with van der Waals surface area (Å²) in [6.45, 7) is 2.24. The van der Waals surface area contributed by atoms with Crippen molar-refractivity contribution in [2.24, 2.45) is 0 Å². The van der Waals surface area contributed by atoms with E-state index in [1.54, 1.807) is 7.11 Å². The SMILES string of the molecule is CON1CC1. The molecule has 0 saturated carbocycles. The second-order valence-electron chi connectivity index (χ2n) is 1.11. The fourth-order valence-corrected chi connectivity index (χ4v) is 0.223. The van der Waals surface area contributed by atoms with Crippen molar-refractivity contribution in [3.63, 3.8) is 0 Å². The van der Waals surface area contributed by atoms with Crippen LogP contribution in [0.15, 0.2) is 0 Å². The van der Waals surface area contributed by atoms with Crippen molar-refractivity contribution in [2.45, 2.75) is 0 Å². The van der Waals surface area contributed by atoms with Crippen LogP contribution in [0.2, 0.25) is 0 Å². The molecule has 1 saturated heterocycles. The molecular formula is C3H7NO. The van der Waals surface area contributed by atoms with Crippen LogP contribution < -0.4 is 0 Å². The first kappa shape index (κ1) is 3.12. The van der Waals surface area contributed by atoms with Gasteiger partial charge in [0, 0.05) is 13.1 Å². The van der Waals surface area contributed by atoms with Gasteiger partial charge < -0.3 is 4.84 Å². The van der Waals surface area contributed by atoms with E-state index in [0.717, 1.165) is 13.1 Å². The summed E-state index contributed by atoms with van der Waals surface area (Å²) in [5, 5.41) is 1.88. The van der Waals surface area contributed by atoms with E-state index < -0.39 is 0 Å². The Kier molecular flexibility index (Phi) is 0.596. The molecule has 1 heterocycles. The van der Waals surface area contributed by atoms with Crippen LogP contribution in [0, 0.1) is 0 Å². The Bertz CT molecular complexity index is 33.9. The molecule has 2 heteroatoms. The van der Waals surface area contributed by atoms with Gasteiger partial charge in [-0.05, 0) is 0 Å². The molecule has 2 nitrogen and oxygen atoms in total. The smallest absolute Gasteiger partial charge is 0.0575 e. The fourth-order valence-electron chi connectivity index (χ4n) is 0.223. The lowest BCUT2D eigenvalue weighted by Gasteiger charge is -1.85. The normalized spacial score (nSPS) is 23.4. The Hall–Kier alpha value is -0.0800. The van der Waals surface area contributed by atoms with Crippen molar-refractivity contribution in [3.05, 3.63) is 0 Å². The van der Waals surface area contributed by atoms with Gasteiger partial charge in [-0.2, -0.15) is 5.06 Å². The van der Waals surface area contributed by atoms with Crippen LogP contribution in [-0.2, 0) is 4.84 Å². The largest absolute Gasteiger partial charge is 0.302 e. The minimum absolute atomic E-state index is 1.12. The first-order valence-electron chi connectivity index (χ1n) is 1.72. The molecule has 0 aromatic heterocycles. The van der Waals surface area contributed by atoms with E-state index in [1.807, 2.05) is 5.06 Å². The monoisotopic (exact) mass is 73.1 g/mol. The van der Waals surface area contributed by atoms with E-state index in [4.69, 9.17) is 4.84 Å². The molecule has 0 spiro atoms. The summed E-state index contributed by atoms with van der Waals surface area (Å²) < 4.78 is 0. The lowest BCUT2D eigenvalue weighted by Crippen LogP contribution is -1.88. The van der Waals surface area contributed by atoms with Crippen LogP contribution >= 0.6 is 0 Å². The highest BCUT2D eigenvalue weighted by atomic mass is 16.7. The van der Waals surface area contributed by atoms with E-state index in [0.29, 0.717) is 0 Å². The zero-order valence-corrected chi connectivity index (χ0v) is 3.27. The number of nitrogens with zero attached hydrogens (tertiary/aromatic N) is 1. The van der Waals surface area contributed by atoms with Crippen molar-refractivity contribution < 1.29 is 4.84 Å². The molecule has 0 radical (unpaired) electrons. The van der Waals surface area contributed by atoms with Crippen molar-refractivity contribution in [3.8, 4) is 0 Å². The third kappa shape index (κ3) is 0.597. The lowest BCUT2D eigenvalue weighted by molar-refractivity contribution is -0.0240. The van der Waals surface area contributed by atoms with Gasteiger partial charge in [0.15, 0.2) is 0 Å². The first-order valence-corrected chi connectivity index (χ1v) is 1.72. The topological polar surface area (TPSA) is 12.2 Å². The summed E-state index contributed by atoms with van der Waals surface area (Å²) in [5.41, 5.74) is 0. The van der Waals surface area contributed by atoms with Crippen LogP contribution in [0.5, 0.6) is 0 Å². The number of hydroxylamine groups is 2. The number of hydrogen-bond donors (Lipinski definition) is 0. The predicted octanol–water partition coefficient (Wildman–Crippen LogP) is -0.137. The van der Waals surface area contributed by atoms with E-state index in [-0.39, 0.29) is 0 Å². The molecule has 0 atom stereocenters. The second kappa shape index (κ2) is 0.954. The quantitative estimate of drug-likeness (QED) is 0.400. The van der Waals surface area contributed by atoms with Gasteiger partial charge in [0.05, 0.1) is 7.11 Å². The average Bonchev–Trinajstić information content (AvgIpc) is 2.12. The third-order valence-electron chi connectivity index (χ3n) is 0.664. The molecule has 1 fully saturated rings. The molecular weight excluding hydrogens is 66.0 g/mol. The molecule has 30 valence electrons. The summed E-state index contributed by atoms with van der Waals surface area (Å²) in [7, 11) is 1.69. The van der Waals surface area contributed by atoms with Crippen molar-refractivity contribution >= 4 is 0 Å². The highest BCUT2D eigenvalue weighted by molar-refractivity contribution is 4.58. The summed E-state index contributed by atoms with van der Waals surface area (Å²) in [5.74, 6) is 0. The van der Waals surface area contributed by atoms with E-state index >= 15 is 0 Å². The van der Waals surface area contributed by atoms with Crippen LogP contribution in [0.3, 0.4) is 0 Å². The van der Waals surface area contributed by atoms with Crippen molar-refractivity contribution in [1.29, 1.82) is 0 Å². The van der Waals surface area contributed by atoms with Crippen molar-refractivity contribution in [1.82, 2.24) is 5.06 Å². The van der Waals surface area contributed by atoms with Gasteiger partial charge in [-0.3, -0.25) is 0 Å². The Labute approximate surface area is 31.3 Å². The highest BCUT2D eigenvalue weighted by Gasteiger charge is 2.14.